The molecule has 2 heterocycles. The van der Waals surface area contributed by atoms with Gasteiger partial charge in [-0.25, -0.2) is 8.78 Å². The van der Waals surface area contributed by atoms with Crippen molar-refractivity contribution in [3.63, 3.8) is 0 Å². The first-order chi connectivity index (χ1) is 16.7. The van der Waals surface area contributed by atoms with Crippen molar-refractivity contribution in [3.05, 3.63) is 87.2 Å². The average Bonchev–Trinajstić information content (AvgIpc) is 3.11. The molecule has 1 amide bonds. The van der Waals surface area contributed by atoms with Gasteiger partial charge in [0.1, 0.15) is 28.5 Å². The lowest BCUT2D eigenvalue weighted by Crippen LogP contribution is -2.30. The lowest BCUT2D eigenvalue weighted by molar-refractivity contribution is -0.132. The first-order valence-electron chi connectivity index (χ1n) is 9.98. The summed E-state index contributed by atoms with van der Waals surface area (Å²) in [6, 6.07) is 6.94. The van der Waals surface area contributed by atoms with E-state index in [0.717, 1.165) is 23.1 Å². The monoisotopic (exact) mass is 520 g/mol. The number of ketones is 1. The maximum absolute atomic E-state index is 14.7. The van der Waals surface area contributed by atoms with Crippen LogP contribution in [0.1, 0.15) is 17.3 Å². The van der Waals surface area contributed by atoms with E-state index in [2.05, 4.69) is 4.98 Å². The van der Waals surface area contributed by atoms with Crippen LogP contribution < -0.4 is 14.4 Å². The molecule has 0 bridgehead atoms. The number of halogens is 4. The molecule has 180 valence electrons. The predicted octanol–water partition coefficient (Wildman–Crippen LogP) is 5.31. The molecule has 2 aromatic carbocycles. The molecule has 1 atom stereocenters. The molecule has 4 rings (SSSR count). The first kappa shape index (κ1) is 24.4. The van der Waals surface area contributed by atoms with Crippen molar-refractivity contribution < 1.29 is 33.0 Å². The van der Waals surface area contributed by atoms with Gasteiger partial charge in [0.05, 0.1) is 41.8 Å². The summed E-state index contributed by atoms with van der Waals surface area (Å²) in [5.74, 6) is -4.88. The number of rotatable bonds is 5. The first-order valence-corrected chi connectivity index (χ1v) is 10.7. The second-order valence-corrected chi connectivity index (χ2v) is 8.09. The molecule has 1 N–H and O–H groups in total. The Hall–Kier alpha value is -3.69. The van der Waals surface area contributed by atoms with Gasteiger partial charge in [-0.05, 0) is 30.3 Å². The molecule has 0 radical (unpaired) electrons. The number of pyridine rings is 1. The van der Waals surface area contributed by atoms with E-state index in [9.17, 15) is 23.5 Å². The number of nitrogens with zero attached hydrogens (tertiary/aromatic N) is 2. The molecule has 1 fully saturated rings. The largest absolute Gasteiger partial charge is 0.507 e. The van der Waals surface area contributed by atoms with E-state index in [1.54, 1.807) is 12.1 Å². The maximum Gasteiger partial charge on any atom is 0.300 e. The zero-order chi connectivity index (χ0) is 25.4. The lowest BCUT2D eigenvalue weighted by Gasteiger charge is -2.25. The van der Waals surface area contributed by atoms with Crippen LogP contribution in [0.2, 0.25) is 10.0 Å². The molecule has 0 spiro atoms. The van der Waals surface area contributed by atoms with Gasteiger partial charge in [0.15, 0.2) is 11.5 Å². The molecule has 35 heavy (non-hydrogen) atoms. The number of ether oxygens (including phenoxy) is 2. The summed E-state index contributed by atoms with van der Waals surface area (Å²) < 4.78 is 39.2. The Morgan fingerprint density at radius 2 is 1.77 bits per heavy atom. The summed E-state index contributed by atoms with van der Waals surface area (Å²) in [6.45, 7) is 0. The topological polar surface area (TPSA) is 89.0 Å². The van der Waals surface area contributed by atoms with Crippen LogP contribution in [0, 0.1) is 11.6 Å². The molecule has 1 saturated heterocycles. The molecule has 0 saturated carbocycles. The summed E-state index contributed by atoms with van der Waals surface area (Å²) in [4.78, 5) is 31.2. The van der Waals surface area contributed by atoms with Gasteiger partial charge in [-0.15, -0.1) is 0 Å². The SMILES string of the molecule is COc1c(Cl)cc(/C(O)=C2\C(=O)C(=O)N(c3cc(F)ccc3F)C2c2ccccn2)c(OC)c1Cl. The Kier molecular flexibility index (Phi) is 6.64. The Morgan fingerprint density at radius 1 is 1.06 bits per heavy atom. The maximum atomic E-state index is 14.7. The number of carbonyl (C=O) groups excluding carboxylic acids is 2. The Morgan fingerprint density at radius 3 is 2.40 bits per heavy atom. The van der Waals surface area contributed by atoms with E-state index in [4.69, 9.17) is 32.7 Å². The van der Waals surface area contributed by atoms with Crippen LogP contribution in [0.5, 0.6) is 11.5 Å². The Labute approximate surface area is 208 Å². The summed E-state index contributed by atoms with van der Waals surface area (Å²) in [5, 5.41) is 11.2. The molecule has 1 aromatic heterocycles. The number of anilines is 1. The second-order valence-electron chi connectivity index (χ2n) is 7.31. The van der Waals surface area contributed by atoms with Crippen LogP contribution >= 0.6 is 23.2 Å². The van der Waals surface area contributed by atoms with Crippen LogP contribution in [0.3, 0.4) is 0 Å². The van der Waals surface area contributed by atoms with Gasteiger partial charge in [-0.3, -0.25) is 19.5 Å². The summed E-state index contributed by atoms with van der Waals surface area (Å²) in [6.07, 6.45) is 1.39. The summed E-state index contributed by atoms with van der Waals surface area (Å²) in [7, 11) is 2.59. The Balaban J connectivity index is 2.04. The summed E-state index contributed by atoms with van der Waals surface area (Å²) >= 11 is 12.5. The fraction of sp³-hybridized carbons (Fsp3) is 0.125. The molecule has 11 heteroatoms. The number of hydrogen-bond donors (Lipinski definition) is 1. The van der Waals surface area contributed by atoms with Crippen LogP contribution in [-0.4, -0.2) is 36.0 Å². The van der Waals surface area contributed by atoms with Gasteiger partial charge < -0.3 is 14.6 Å². The molecule has 1 unspecified atom stereocenters. The Bertz CT molecular complexity index is 1380. The molecule has 1 aliphatic rings. The van der Waals surface area contributed by atoms with Gasteiger partial charge in [-0.1, -0.05) is 29.3 Å². The highest BCUT2D eigenvalue weighted by Gasteiger charge is 2.49. The van der Waals surface area contributed by atoms with Crippen molar-refractivity contribution in [2.45, 2.75) is 6.04 Å². The van der Waals surface area contributed by atoms with Gasteiger partial charge in [0.2, 0.25) is 0 Å². The highest BCUT2D eigenvalue weighted by Crippen LogP contribution is 2.48. The van der Waals surface area contributed by atoms with Crippen molar-refractivity contribution in [2.75, 3.05) is 19.1 Å². The fourth-order valence-electron chi connectivity index (χ4n) is 3.86. The number of benzene rings is 2. The minimum absolute atomic E-state index is 0.0142. The second kappa shape index (κ2) is 9.52. The highest BCUT2D eigenvalue weighted by atomic mass is 35.5. The normalized spacial score (nSPS) is 17.1. The van der Waals surface area contributed by atoms with Crippen molar-refractivity contribution in [1.82, 2.24) is 4.98 Å². The third kappa shape index (κ3) is 4.06. The minimum Gasteiger partial charge on any atom is -0.507 e. The van der Waals surface area contributed by atoms with Crippen molar-refractivity contribution in [3.8, 4) is 11.5 Å². The van der Waals surface area contributed by atoms with E-state index < -0.39 is 46.4 Å². The van der Waals surface area contributed by atoms with E-state index in [1.807, 2.05) is 0 Å². The zero-order valence-electron chi connectivity index (χ0n) is 18.2. The van der Waals surface area contributed by atoms with Crippen molar-refractivity contribution >= 4 is 46.3 Å². The van der Waals surface area contributed by atoms with E-state index in [0.29, 0.717) is 0 Å². The van der Waals surface area contributed by atoms with Gasteiger partial charge in [0, 0.05) is 12.3 Å². The number of methoxy groups -OCH3 is 2. The smallest absolute Gasteiger partial charge is 0.300 e. The lowest BCUT2D eigenvalue weighted by atomic mass is 9.97. The number of aliphatic hydroxyl groups is 1. The molecule has 1 aliphatic heterocycles. The van der Waals surface area contributed by atoms with Gasteiger partial charge in [0.25, 0.3) is 11.7 Å². The number of hydrogen-bond acceptors (Lipinski definition) is 6. The quantitative estimate of drug-likeness (QED) is 0.278. The van der Waals surface area contributed by atoms with Gasteiger partial charge >= 0.3 is 0 Å². The van der Waals surface area contributed by atoms with Crippen LogP contribution in [0.25, 0.3) is 5.76 Å². The fourth-order valence-corrected chi connectivity index (χ4v) is 4.55. The van der Waals surface area contributed by atoms with Crippen LogP contribution in [0.15, 0.2) is 54.2 Å². The predicted molar refractivity (Wildman–Crippen MR) is 125 cm³/mol. The van der Waals surface area contributed by atoms with E-state index >= 15 is 0 Å². The standard InChI is InChI=1S/C24H16Cl2F2N2O5/c1-34-22-12(10-13(25)23(35-2)18(22)26)20(31)17-19(15-5-3-4-8-29-15)30(24(33)21(17)32)16-9-11(27)6-7-14(16)28/h3-10,19,31H,1-2H3/b20-17+. The molecular formula is C24H16Cl2F2N2O5. The third-order valence-corrected chi connectivity index (χ3v) is 6.00. The number of carbonyl (C=O) groups is 2. The van der Waals surface area contributed by atoms with Crippen molar-refractivity contribution in [1.29, 1.82) is 0 Å². The molecule has 3 aromatic rings. The highest BCUT2D eigenvalue weighted by molar-refractivity contribution is 6.52. The van der Waals surface area contributed by atoms with E-state index in [-0.39, 0.29) is 32.8 Å². The van der Waals surface area contributed by atoms with Gasteiger partial charge in [-0.2, -0.15) is 0 Å². The number of aromatic nitrogens is 1. The van der Waals surface area contributed by atoms with Crippen molar-refractivity contribution in [2.24, 2.45) is 0 Å². The minimum atomic E-state index is -1.41. The molecule has 7 nitrogen and oxygen atoms in total. The van der Waals surface area contributed by atoms with Crippen LogP contribution in [-0.2, 0) is 9.59 Å². The number of Topliss-reactive ketones (excluding diaryl/α,β-unsaturated/α-hetero) is 1. The molecule has 0 aliphatic carbocycles. The summed E-state index contributed by atoms with van der Waals surface area (Å²) in [5.41, 5.74) is -0.962. The van der Waals surface area contributed by atoms with E-state index in [1.165, 1.54) is 32.5 Å². The zero-order valence-corrected chi connectivity index (χ0v) is 19.7. The number of aliphatic hydroxyl groups excluding tert-OH is 1. The molecular weight excluding hydrogens is 505 g/mol. The van der Waals surface area contributed by atoms with Crippen LogP contribution in [0.4, 0.5) is 14.5 Å². The average molecular weight is 521 g/mol. The third-order valence-electron chi connectivity index (χ3n) is 5.37. The number of amides is 1.